The average Bonchev–Trinajstić information content (AvgIpc) is 2.98. The number of nitrogens with one attached hydrogen (secondary N) is 2. The second kappa shape index (κ2) is 7.06. The predicted octanol–water partition coefficient (Wildman–Crippen LogP) is 1.89. The summed E-state index contributed by atoms with van der Waals surface area (Å²) in [5, 5.41) is 0.998. The van der Waals surface area contributed by atoms with Gasteiger partial charge >= 0.3 is 0 Å². The molecule has 0 radical (unpaired) electrons. The number of hydrogen-bond acceptors (Lipinski definition) is 5. The molecular weight excluding hydrogens is 326 g/mol. The van der Waals surface area contributed by atoms with Crippen LogP contribution in [0, 0.1) is 5.92 Å². The first-order valence-electron chi connectivity index (χ1n) is 8.48. The molecule has 0 bridgehead atoms. The number of aromatic amines is 1. The Bertz CT molecular complexity index is 783. The second-order valence-corrected chi connectivity index (χ2v) is 8.42. The van der Waals surface area contributed by atoms with Gasteiger partial charge in [0, 0.05) is 25.8 Å². The lowest BCUT2D eigenvalue weighted by atomic mass is 9.81. The Balaban J connectivity index is 1.55. The van der Waals surface area contributed by atoms with E-state index in [-0.39, 0.29) is 11.7 Å². The molecule has 3 rings (SSSR count). The van der Waals surface area contributed by atoms with Crippen molar-refractivity contribution >= 4 is 26.9 Å². The van der Waals surface area contributed by atoms with Gasteiger partial charge in [-0.25, -0.2) is 23.1 Å². The number of aromatic nitrogens is 3. The van der Waals surface area contributed by atoms with Crippen molar-refractivity contribution in [2.45, 2.75) is 38.6 Å². The first-order valence-corrected chi connectivity index (χ1v) is 10.1. The van der Waals surface area contributed by atoms with Gasteiger partial charge in [-0.2, -0.15) is 0 Å². The minimum atomic E-state index is -3.15. The summed E-state index contributed by atoms with van der Waals surface area (Å²) in [5.41, 5.74) is 0.824. The number of rotatable bonds is 8. The number of H-pyrrole nitrogens is 1. The summed E-state index contributed by atoms with van der Waals surface area (Å²) in [6, 6.07) is 2.30. The number of unbranched alkanes of at least 4 members (excludes halogenated alkanes) is 1. The summed E-state index contributed by atoms with van der Waals surface area (Å²) in [4.78, 5) is 13.8. The van der Waals surface area contributed by atoms with Crippen LogP contribution in [0.3, 0.4) is 0 Å². The lowest BCUT2D eigenvalue weighted by Crippen LogP contribution is -2.46. The molecule has 1 fully saturated rings. The SMILES string of the molecule is CCCCNS(=O)(=O)CC1CC(N(C)c2ncnc3[nH]ccc23)C1. The van der Waals surface area contributed by atoms with E-state index in [0.717, 1.165) is 42.5 Å². The van der Waals surface area contributed by atoms with E-state index in [1.165, 1.54) is 0 Å². The maximum Gasteiger partial charge on any atom is 0.211 e. The Labute approximate surface area is 142 Å². The maximum absolute atomic E-state index is 12.0. The van der Waals surface area contributed by atoms with Crippen molar-refractivity contribution in [1.29, 1.82) is 0 Å². The average molecular weight is 351 g/mol. The molecule has 24 heavy (non-hydrogen) atoms. The minimum Gasteiger partial charge on any atom is -0.356 e. The van der Waals surface area contributed by atoms with Crippen LogP contribution in [0.2, 0.25) is 0 Å². The van der Waals surface area contributed by atoms with E-state index in [4.69, 9.17) is 0 Å². The Morgan fingerprint density at radius 3 is 2.92 bits per heavy atom. The smallest absolute Gasteiger partial charge is 0.211 e. The summed E-state index contributed by atoms with van der Waals surface area (Å²) >= 11 is 0. The van der Waals surface area contributed by atoms with Crippen LogP contribution in [0.25, 0.3) is 11.0 Å². The van der Waals surface area contributed by atoms with Gasteiger partial charge in [0.2, 0.25) is 10.0 Å². The van der Waals surface area contributed by atoms with E-state index in [1.54, 1.807) is 6.33 Å². The van der Waals surface area contributed by atoms with Crippen LogP contribution in [-0.4, -0.2) is 48.8 Å². The molecule has 132 valence electrons. The van der Waals surface area contributed by atoms with Crippen molar-refractivity contribution < 1.29 is 8.42 Å². The molecule has 1 aliphatic rings. The third kappa shape index (κ3) is 3.70. The molecule has 2 heterocycles. The number of sulfonamides is 1. The summed E-state index contributed by atoms with van der Waals surface area (Å²) in [7, 11) is -1.14. The van der Waals surface area contributed by atoms with Gasteiger partial charge in [0.15, 0.2) is 0 Å². The molecule has 2 aromatic rings. The summed E-state index contributed by atoms with van der Waals surface area (Å²) in [6.07, 6.45) is 7.04. The van der Waals surface area contributed by atoms with Gasteiger partial charge in [0.25, 0.3) is 0 Å². The fourth-order valence-electron chi connectivity index (χ4n) is 3.24. The molecule has 1 saturated carbocycles. The molecule has 0 aromatic carbocycles. The van der Waals surface area contributed by atoms with Crippen LogP contribution in [0.4, 0.5) is 5.82 Å². The first-order chi connectivity index (χ1) is 11.5. The number of nitrogens with zero attached hydrogens (tertiary/aromatic N) is 3. The van der Waals surface area contributed by atoms with E-state index >= 15 is 0 Å². The zero-order valence-electron chi connectivity index (χ0n) is 14.2. The molecule has 0 atom stereocenters. The molecular formula is C16H25N5O2S. The van der Waals surface area contributed by atoms with Crippen molar-refractivity contribution in [1.82, 2.24) is 19.7 Å². The first kappa shape index (κ1) is 17.2. The molecule has 0 aliphatic heterocycles. The van der Waals surface area contributed by atoms with E-state index in [0.29, 0.717) is 12.6 Å². The van der Waals surface area contributed by atoms with Crippen LogP contribution in [0.5, 0.6) is 0 Å². The molecule has 2 aromatic heterocycles. The molecule has 2 N–H and O–H groups in total. The van der Waals surface area contributed by atoms with E-state index in [9.17, 15) is 8.42 Å². The van der Waals surface area contributed by atoms with E-state index in [1.807, 2.05) is 19.3 Å². The zero-order chi connectivity index (χ0) is 17.2. The van der Waals surface area contributed by atoms with Crippen LogP contribution in [0.1, 0.15) is 32.6 Å². The molecule has 0 amide bonds. The minimum absolute atomic E-state index is 0.222. The Morgan fingerprint density at radius 1 is 1.38 bits per heavy atom. The fraction of sp³-hybridized carbons (Fsp3) is 0.625. The third-order valence-electron chi connectivity index (χ3n) is 4.73. The maximum atomic E-state index is 12.0. The van der Waals surface area contributed by atoms with Crippen molar-refractivity contribution in [3.05, 3.63) is 18.6 Å². The van der Waals surface area contributed by atoms with Crippen molar-refractivity contribution in [3.63, 3.8) is 0 Å². The molecule has 0 saturated heterocycles. The van der Waals surface area contributed by atoms with E-state index in [2.05, 4.69) is 31.5 Å². The number of fused-ring (bicyclic) bond motifs is 1. The zero-order valence-corrected chi connectivity index (χ0v) is 15.0. The highest BCUT2D eigenvalue weighted by molar-refractivity contribution is 7.89. The van der Waals surface area contributed by atoms with Crippen LogP contribution in [0.15, 0.2) is 18.6 Å². The normalized spacial score (nSPS) is 20.9. The van der Waals surface area contributed by atoms with Gasteiger partial charge in [-0.05, 0) is 31.2 Å². The topological polar surface area (TPSA) is 91.0 Å². The number of anilines is 1. The van der Waals surface area contributed by atoms with Gasteiger partial charge in [0.05, 0.1) is 11.1 Å². The monoisotopic (exact) mass is 351 g/mol. The molecule has 8 heteroatoms. The molecule has 1 aliphatic carbocycles. The van der Waals surface area contributed by atoms with Gasteiger partial charge < -0.3 is 9.88 Å². The van der Waals surface area contributed by atoms with Gasteiger partial charge in [-0.1, -0.05) is 13.3 Å². The molecule has 0 unspecified atom stereocenters. The highest BCUT2D eigenvalue weighted by Crippen LogP contribution is 2.35. The molecule has 0 spiro atoms. The standard InChI is InChI=1S/C16H25N5O2S/c1-3-4-6-20-24(22,23)10-12-8-13(9-12)21(2)16-14-5-7-17-15(14)18-11-19-16/h5,7,11-13,20H,3-4,6,8-10H2,1-2H3,(H,17,18,19). The predicted molar refractivity (Wildman–Crippen MR) is 95.5 cm³/mol. The summed E-state index contributed by atoms with van der Waals surface area (Å²) < 4.78 is 26.8. The fourth-order valence-corrected chi connectivity index (χ4v) is 4.71. The Hall–Kier alpha value is -1.67. The van der Waals surface area contributed by atoms with Crippen molar-refractivity contribution in [2.24, 2.45) is 5.92 Å². The number of hydrogen-bond donors (Lipinski definition) is 2. The van der Waals surface area contributed by atoms with Gasteiger partial charge in [-0.15, -0.1) is 0 Å². The third-order valence-corrected chi connectivity index (χ3v) is 6.29. The highest BCUT2D eigenvalue weighted by atomic mass is 32.2. The van der Waals surface area contributed by atoms with Crippen LogP contribution < -0.4 is 9.62 Å². The molecule has 7 nitrogen and oxygen atoms in total. The largest absolute Gasteiger partial charge is 0.356 e. The Kier molecular flexibility index (Phi) is 5.05. The lowest BCUT2D eigenvalue weighted by Gasteiger charge is -2.41. The van der Waals surface area contributed by atoms with E-state index < -0.39 is 10.0 Å². The highest BCUT2D eigenvalue weighted by Gasteiger charge is 2.35. The quantitative estimate of drug-likeness (QED) is 0.709. The van der Waals surface area contributed by atoms with Crippen LogP contribution in [-0.2, 0) is 10.0 Å². The second-order valence-electron chi connectivity index (χ2n) is 6.57. The Morgan fingerprint density at radius 2 is 2.17 bits per heavy atom. The summed E-state index contributed by atoms with van der Waals surface area (Å²) in [6.45, 7) is 2.59. The lowest BCUT2D eigenvalue weighted by molar-refractivity contribution is 0.281. The van der Waals surface area contributed by atoms with Gasteiger partial charge in [-0.3, -0.25) is 0 Å². The van der Waals surface area contributed by atoms with Crippen molar-refractivity contribution in [3.8, 4) is 0 Å². The summed E-state index contributed by atoms with van der Waals surface area (Å²) in [5.74, 6) is 1.35. The van der Waals surface area contributed by atoms with Crippen molar-refractivity contribution in [2.75, 3.05) is 24.2 Å². The van der Waals surface area contributed by atoms with Crippen LogP contribution >= 0.6 is 0 Å². The van der Waals surface area contributed by atoms with Gasteiger partial charge in [0.1, 0.15) is 17.8 Å².